The number of nitrogens with zero attached hydrogens (tertiary/aromatic N) is 1. The highest BCUT2D eigenvalue weighted by Gasteiger charge is 2.15. The van der Waals surface area contributed by atoms with Crippen LogP contribution in [0.2, 0.25) is 0 Å². The highest BCUT2D eigenvalue weighted by atomic mass is 32.1. The summed E-state index contributed by atoms with van der Waals surface area (Å²) in [6.07, 6.45) is 0.602. The molecule has 24 heavy (non-hydrogen) atoms. The number of thiophene rings is 1. The third-order valence-electron chi connectivity index (χ3n) is 3.85. The van der Waals surface area contributed by atoms with Crippen LogP contribution in [0.25, 0.3) is 10.6 Å². The molecule has 1 amide bonds. The molecule has 0 spiro atoms. The number of aliphatic hydroxyl groups excluding tert-OH is 1. The Morgan fingerprint density at radius 1 is 1.25 bits per heavy atom. The van der Waals surface area contributed by atoms with Crippen molar-refractivity contribution in [2.45, 2.75) is 12.3 Å². The highest BCUT2D eigenvalue weighted by molar-refractivity contribution is 7.13. The lowest BCUT2D eigenvalue weighted by molar-refractivity contribution is 0.0944. The third-order valence-corrected chi connectivity index (χ3v) is 4.76. The molecule has 2 heterocycles. The third kappa shape index (κ3) is 3.90. The van der Waals surface area contributed by atoms with E-state index in [0.717, 1.165) is 16.1 Å². The molecule has 0 fully saturated rings. The molecule has 3 aromatic rings. The Labute approximate surface area is 144 Å². The Hall–Kier alpha value is -2.44. The smallest absolute Gasteiger partial charge is 0.271 e. The lowest BCUT2D eigenvalue weighted by atomic mass is 9.96. The Bertz CT molecular complexity index is 769. The van der Waals surface area contributed by atoms with Crippen LogP contribution in [-0.2, 0) is 0 Å². The van der Waals surface area contributed by atoms with E-state index < -0.39 is 0 Å². The van der Waals surface area contributed by atoms with Gasteiger partial charge in [-0.1, -0.05) is 36.4 Å². The second-order valence-corrected chi connectivity index (χ2v) is 6.42. The first-order valence-corrected chi connectivity index (χ1v) is 8.69. The van der Waals surface area contributed by atoms with Crippen LogP contribution in [0.5, 0.6) is 0 Å². The Morgan fingerprint density at radius 2 is 2.08 bits per heavy atom. The Kier molecular flexibility index (Phi) is 5.40. The maximum atomic E-state index is 12.3. The zero-order chi connectivity index (χ0) is 16.8. The quantitative estimate of drug-likeness (QED) is 0.618. The van der Waals surface area contributed by atoms with Crippen LogP contribution in [0.4, 0.5) is 0 Å². The molecule has 1 aromatic carbocycles. The van der Waals surface area contributed by atoms with Gasteiger partial charge in [0, 0.05) is 19.1 Å². The van der Waals surface area contributed by atoms with Crippen molar-refractivity contribution in [1.82, 2.24) is 15.5 Å². The van der Waals surface area contributed by atoms with Gasteiger partial charge in [0.25, 0.3) is 5.91 Å². The average Bonchev–Trinajstić information content (AvgIpc) is 3.30. The van der Waals surface area contributed by atoms with Crippen LogP contribution in [0.15, 0.2) is 53.9 Å². The summed E-state index contributed by atoms with van der Waals surface area (Å²) in [4.78, 5) is 13.4. The molecule has 0 saturated carbocycles. The molecule has 6 heteroatoms. The minimum atomic E-state index is -0.215. The molecule has 0 radical (unpaired) electrons. The van der Waals surface area contributed by atoms with Crippen molar-refractivity contribution in [1.29, 1.82) is 0 Å². The van der Waals surface area contributed by atoms with E-state index >= 15 is 0 Å². The summed E-state index contributed by atoms with van der Waals surface area (Å²) in [6.45, 7) is 0.547. The fourth-order valence-corrected chi connectivity index (χ4v) is 3.26. The molecule has 1 unspecified atom stereocenters. The number of aromatic nitrogens is 2. The van der Waals surface area contributed by atoms with E-state index in [1.54, 1.807) is 17.4 Å². The van der Waals surface area contributed by atoms with Crippen molar-refractivity contribution in [2.24, 2.45) is 0 Å². The number of rotatable bonds is 7. The van der Waals surface area contributed by atoms with Crippen LogP contribution in [-0.4, -0.2) is 34.4 Å². The van der Waals surface area contributed by atoms with Crippen LogP contribution in [0.3, 0.4) is 0 Å². The van der Waals surface area contributed by atoms with Gasteiger partial charge in [-0.05, 0) is 29.5 Å². The van der Waals surface area contributed by atoms with E-state index in [1.165, 1.54) is 0 Å². The van der Waals surface area contributed by atoms with Crippen LogP contribution < -0.4 is 5.32 Å². The summed E-state index contributed by atoms with van der Waals surface area (Å²) in [5.74, 6) is -0.135. The van der Waals surface area contributed by atoms with Crippen molar-refractivity contribution in [3.8, 4) is 10.6 Å². The molecular weight excluding hydrogens is 322 g/mol. The number of amides is 1. The zero-order valence-corrected chi connectivity index (χ0v) is 13.9. The highest BCUT2D eigenvalue weighted by Crippen LogP contribution is 2.23. The van der Waals surface area contributed by atoms with Gasteiger partial charge in [-0.2, -0.15) is 5.10 Å². The number of hydrogen-bond donors (Lipinski definition) is 3. The standard InChI is InChI=1S/C18H19N3O2S/c22-9-8-14(13-5-2-1-3-6-13)12-19-18(23)16-11-15(20-21-16)17-7-4-10-24-17/h1-7,10-11,14,22H,8-9,12H2,(H,19,23)(H,20,21). The van der Waals surface area contributed by atoms with Crippen LogP contribution in [0, 0.1) is 0 Å². The van der Waals surface area contributed by atoms with Gasteiger partial charge < -0.3 is 10.4 Å². The first-order chi connectivity index (χ1) is 11.8. The molecule has 5 nitrogen and oxygen atoms in total. The first kappa shape index (κ1) is 16.4. The number of H-pyrrole nitrogens is 1. The predicted molar refractivity (Wildman–Crippen MR) is 95.1 cm³/mol. The van der Waals surface area contributed by atoms with E-state index in [4.69, 9.17) is 0 Å². The van der Waals surface area contributed by atoms with Crippen LogP contribution in [0.1, 0.15) is 28.4 Å². The fraction of sp³-hybridized carbons (Fsp3) is 0.222. The van der Waals surface area contributed by atoms with Crippen molar-refractivity contribution in [2.75, 3.05) is 13.2 Å². The molecule has 2 aromatic heterocycles. The Balaban J connectivity index is 1.64. The zero-order valence-electron chi connectivity index (χ0n) is 13.1. The van der Waals surface area contributed by atoms with E-state index in [1.807, 2.05) is 47.8 Å². The van der Waals surface area contributed by atoms with Gasteiger partial charge in [0.05, 0.1) is 10.6 Å². The summed E-state index contributed by atoms with van der Waals surface area (Å²) in [5.41, 5.74) is 2.31. The van der Waals surface area contributed by atoms with Gasteiger partial charge in [0.2, 0.25) is 0 Å². The largest absolute Gasteiger partial charge is 0.396 e. The van der Waals surface area contributed by atoms with Gasteiger partial charge in [-0.25, -0.2) is 0 Å². The average molecular weight is 341 g/mol. The maximum Gasteiger partial charge on any atom is 0.271 e. The predicted octanol–water partition coefficient (Wildman–Crippen LogP) is 3.03. The number of aliphatic hydroxyl groups is 1. The molecule has 3 rings (SSSR count). The number of carbonyl (C=O) groups excluding carboxylic acids is 1. The maximum absolute atomic E-state index is 12.3. The van der Waals surface area contributed by atoms with Gasteiger partial charge in [-0.3, -0.25) is 9.89 Å². The van der Waals surface area contributed by atoms with Gasteiger partial charge in [-0.15, -0.1) is 11.3 Å². The number of hydrogen-bond acceptors (Lipinski definition) is 4. The number of benzene rings is 1. The first-order valence-electron chi connectivity index (χ1n) is 7.81. The van der Waals surface area contributed by atoms with E-state index in [2.05, 4.69) is 15.5 Å². The van der Waals surface area contributed by atoms with Gasteiger partial charge >= 0.3 is 0 Å². The van der Waals surface area contributed by atoms with Crippen molar-refractivity contribution < 1.29 is 9.90 Å². The van der Waals surface area contributed by atoms with Crippen molar-refractivity contribution in [3.63, 3.8) is 0 Å². The van der Waals surface area contributed by atoms with Gasteiger partial charge in [0.1, 0.15) is 0 Å². The second kappa shape index (κ2) is 7.90. The molecule has 0 aliphatic heterocycles. The second-order valence-electron chi connectivity index (χ2n) is 5.47. The number of aromatic amines is 1. The molecule has 0 aliphatic rings. The summed E-state index contributed by atoms with van der Waals surface area (Å²) >= 11 is 1.59. The summed E-state index contributed by atoms with van der Waals surface area (Å²) in [7, 11) is 0. The monoisotopic (exact) mass is 341 g/mol. The summed E-state index contributed by atoms with van der Waals surface area (Å²) in [6, 6.07) is 15.6. The lowest BCUT2D eigenvalue weighted by Gasteiger charge is -2.16. The molecule has 1 atom stereocenters. The molecule has 0 bridgehead atoms. The lowest BCUT2D eigenvalue weighted by Crippen LogP contribution is -2.29. The molecule has 3 N–H and O–H groups in total. The minimum Gasteiger partial charge on any atom is -0.396 e. The Morgan fingerprint density at radius 3 is 2.79 bits per heavy atom. The summed E-state index contributed by atoms with van der Waals surface area (Å²) in [5, 5.41) is 21.1. The number of carbonyl (C=O) groups is 1. The van der Waals surface area contributed by atoms with E-state index in [9.17, 15) is 9.90 Å². The summed E-state index contributed by atoms with van der Waals surface area (Å²) < 4.78 is 0. The van der Waals surface area contributed by atoms with Crippen LogP contribution >= 0.6 is 11.3 Å². The molecule has 124 valence electrons. The fourth-order valence-electron chi connectivity index (χ4n) is 2.57. The molecule has 0 aliphatic carbocycles. The molecule has 0 saturated heterocycles. The number of nitrogens with one attached hydrogen (secondary N) is 2. The SMILES string of the molecule is O=C(NCC(CCO)c1ccccc1)c1cc(-c2cccs2)[nH]n1. The normalized spacial score (nSPS) is 12.0. The van der Waals surface area contributed by atoms with Crippen molar-refractivity contribution in [3.05, 3.63) is 65.2 Å². The topological polar surface area (TPSA) is 78.0 Å². The van der Waals surface area contributed by atoms with E-state index in [0.29, 0.717) is 18.7 Å². The van der Waals surface area contributed by atoms with Crippen molar-refractivity contribution >= 4 is 17.2 Å². The minimum absolute atomic E-state index is 0.0795. The van der Waals surface area contributed by atoms with Gasteiger partial charge in [0.15, 0.2) is 5.69 Å². The van der Waals surface area contributed by atoms with E-state index in [-0.39, 0.29) is 18.4 Å². The molecular formula is C18H19N3O2S.